The molecule has 0 radical (unpaired) electrons. The summed E-state index contributed by atoms with van der Waals surface area (Å²) in [5.41, 5.74) is 0.268. The largest absolute Gasteiger partial charge is 0.458 e. The zero-order chi connectivity index (χ0) is 14.5. The maximum Gasteiger partial charge on any atom is 0.312 e. The monoisotopic (exact) mass is 274 g/mol. The number of hydrogen-bond donors (Lipinski definition) is 1. The van der Waals surface area contributed by atoms with Gasteiger partial charge in [0.2, 0.25) is 0 Å². The highest BCUT2D eigenvalue weighted by Gasteiger charge is 2.64. The van der Waals surface area contributed by atoms with Crippen LogP contribution in [0.25, 0.3) is 0 Å². The van der Waals surface area contributed by atoms with Crippen molar-refractivity contribution in [1.29, 1.82) is 0 Å². The number of aliphatic hydroxyl groups excluding tert-OH is 1. The molecule has 1 heterocycles. The fraction of sp³-hybridized carbons (Fsp3) is 0.588. The van der Waals surface area contributed by atoms with Crippen molar-refractivity contribution in [1.82, 2.24) is 0 Å². The van der Waals surface area contributed by atoms with E-state index in [0.717, 1.165) is 18.4 Å². The smallest absolute Gasteiger partial charge is 0.312 e. The van der Waals surface area contributed by atoms with Crippen molar-refractivity contribution in [3.05, 3.63) is 35.9 Å². The van der Waals surface area contributed by atoms with Crippen molar-refractivity contribution in [2.45, 2.75) is 45.8 Å². The van der Waals surface area contributed by atoms with E-state index in [2.05, 4.69) is 13.8 Å². The second-order valence-electron chi connectivity index (χ2n) is 6.92. The Morgan fingerprint density at radius 3 is 2.55 bits per heavy atom. The van der Waals surface area contributed by atoms with E-state index in [9.17, 15) is 9.90 Å². The Kier molecular flexibility index (Phi) is 2.94. The first-order valence-corrected chi connectivity index (χ1v) is 7.32. The van der Waals surface area contributed by atoms with Gasteiger partial charge < -0.3 is 9.84 Å². The average molecular weight is 274 g/mol. The van der Waals surface area contributed by atoms with Gasteiger partial charge in [0, 0.05) is 5.92 Å². The molecular formula is C17H22O3. The van der Waals surface area contributed by atoms with Gasteiger partial charge in [-0.2, -0.15) is 0 Å². The molecule has 108 valence electrons. The normalized spacial score (nSPS) is 36.5. The van der Waals surface area contributed by atoms with E-state index in [0.29, 0.717) is 0 Å². The molecule has 1 aromatic carbocycles. The van der Waals surface area contributed by atoms with E-state index in [1.165, 1.54) is 0 Å². The fourth-order valence-corrected chi connectivity index (χ4v) is 3.94. The minimum Gasteiger partial charge on any atom is -0.458 e. The topological polar surface area (TPSA) is 46.5 Å². The number of ether oxygens (including phenoxy) is 1. The predicted molar refractivity (Wildman–Crippen MR) is 75.9 cm³/mol. The quantitative estimate of drug-likeness (QED) is 0.843. The van der Waals surface area contributed by atoms with Crippen LogP contribution in [0.3, 0.4) is 0 Å². The summed E-state index contributed by atoms with van der Waals surface area (Å²) < 4.78 is 5.64. The Morgan fingerprint density at radius 2 is 1.90 bits per heavy atom. The lowest BCUT2D eigenvalue weighted by molar-refractivity contribution is -0.198. The van der Waals surface area contributed by atoms with Gasteiger partial charge in [-0.15, -0.1) is 0 Å². The van der Waals surface area contributed by atoms with Gasteiger partial charge in [0.15, 0.2) is 0 Å². The molecule has 0 aromatic heterocycles. The summed E-state index contributed by atoms with van der Waals surface area (Å²) in [5.74, 6) is 0.0524. The highest BCUT2D eigenvalue weighted by Crippen LogP contribution is 2.62. The zero-order valence-electron chi connectivity index (χ0n) is 12.3. The Hall–Kier alpha value is -1.35. The predicted octanol–water partition coefficient (Wildman–Crippen LogP) is 3.09. The molecule has 2 bridgehead atoms. The fourth-order valence-electron chi connectivity index (χ4n) is 3.94. The third-order valence-electron chi connectivity index (χ3n) is 5.85. The van der Waals surface area contributed by atoms with Crippen LogP contribution in [0.5, 0.6) is 0 Å². The molecule has 2 aliphatic rings. The zero-order valence-corrected chi connectivity index (χ0v) is 12.3. The van der Waals surface area contributed by atoms with Gasteiger partial charge in [-0.1, -0.05) is 44.2 Å². The molecule has 20 heavy (non-hydrogen) atoms. The molecule has 1 N–H and O–H groups in total. The molecule has 3 nitrogen and oxygen atoms in total. The van der Waals surface area contributed by atoms with Crippen molar-refractivity contribution >= 4 is 5.97 Å². The molecule has 2 fully saturated rings. The first-order valence-electron chi connectivity index (χ1n) is 7.32. The SMILES string of the molecule is CC1(C)[C@@H]2CC[C@@]1(C)C(=O)O[C@@H]2[C@H](O)c1ccccc1. The molecule has 0 spiro atoms. The Labute approximate surface area is 120 Å². The van der Waals surface area contributed by atoms with Crippen LogP contribution in [0.15, 0.2) is 30.3 Å². The number of benzene rings is 1. The van der Waals surface area contributed by atoms with Crippen LogP contribution < -0.4 is 0 Å². The first kappa shape index (κ1) is 13.6. The molecular weight excluding hydrogens is 252 g/mol. The molecule has 0 amide bonds. The minimum atomic E-state index is -0.743. The minimum absolute atomic E-state index is 0.136. The van der Waals surface area contributed by atoms with E-state index < -0.39 is 17.6 Å². The van der Waals surface area contributed by atoms with Gasteiger partial charge in [-0.25, -0.2) is 0 Å². The van der Waals surface area contributed by atoms with Crippen molar-refractivity contribution in [3.8, 4) is 0 Å². The summed E-state index contributed by atoms with van der Waals surface area (Å²) in [5, 5.41) is 10.6. The van der Waals surface area contributed by atoms with Crippen LogP contribution in [0, 0.1) is 16.7 Å². The van der Waals surface area contributed by atoms with Crippen LogP contribution in [0.1, 0.15) is 45.3 Å². The molecule has 3 heteroatoms. The van der Waals surface area contributed by atoms with E-state index in [-0.39, 0.29) is 17.3 Å². The maximum absolute atomic E-state index is 12.4. The number of rotatable bonds is 2. The van der Waals surface area contributed by atoms with Crippen LogP contribution in [-0.2, 0) is 9.53 Å². The number of fused-ring (bicyclic) bond motifs is 2. The summed E-state index contributed by atoms with van der Waals surface area (Å²) in [6.45, 7) is 6.27. The Bertz CT molecular complexity index is 522. The van der Waals surface area contributed by atoms with Crippen molar-refractivity contribution in [2.75, 3.05) is 0 Å². The third kappa shape index (κ3) is 1.65. The Balaban J connectivity index is 1.95. The summed E-state index contributed by atoms with van der Waals surface area (Å²) in [4.78, 5) is 12.4. The first-order chi connectivity index (χ1) is 9.38. The van der Waals surface area contributed by atoms with Gasteiger partial charge >= 0.3 is 5.97 Å². The summed E-state index contributed by atoms with van der Waals surface area (Å²) >= 11 is 0. The van der Waals surface area contributed by atoms with Crippen molar-refractivity contribution < 1.29 is 14.6 Å². The van der Waals surface area contributed by atoms with E-state index in [1.54, 1.807) is 0 Å². The van der Waals surface area contributed by atoms with E-state index in [4.69, 9.17) is 4.74 Å². The van der Waals surface area contributed by atoms with Crippen LogP contribution >= 0.6 is 0 Å². The van der Waals surface area contributed by atoms with Crippen LogP contribution in [-0.4, -0.2) is 17.2 Å². The highest BCUT2D eigenvalue weighted by atomic mass is 16.6. The van der Waals surface area contributed by atoms with Gasteiger partial charge in [0.05, 0.1) is 5.41 Å². The van der Waals surface area contributed by atoms with E-state index >= 15 is 0 Å². The van der Waals surface area contributed by atoms with Gasteiger partial charge in [-0.05, 0) is 30.7 Å². The molecule has 3 rings (SSSR count). The second-order valence-corrected chi connectivity index (χ2v) is 6.92. The number of carbonyl (C=O) groups excluding carboxylic acids is 1. The molecule has 1 aliphatic heterocycles. The van der Waals surface area contributed by atoms with Crippen LogP contribution in [0.2, 0.25) is 0 Å². The lowest BCUT2D eigenvalue weighted by atomic mass is 9.62. The molecule has 0 unspecified atom stereocenters. The number of aliphatic hydroxyl groups is 1. The average Bonchev–Trinajstić information content (AvgIpc) is 2.58. The Morgan fingerprint density at radius 1 is 1.25 bits per heavy atom. The van der Waals surface area contributed by atoms with Gasteiger partial charge in [-0.3, -0.25) is 4.79 Å². The molecule has 1 aliphatic carbocycles. The molecule has 1 saturated carbocycles. The maximum atomic E-state index is 12.4. The molecule has 1 saturated heterocycles. The van der Waals surface area contributed by atoms with E-state index in [1.807, 2.05) is 37.3 Å². The van der Waals surface area contributed by atoms with Crippen molar-refractivity contribution in [3.63, 3.8) is 0 Å². The summed E-state index contributed by atoms with van der Waals surface area (Å²) in [6, 6.07) is 9.47. The highest BCUT2D eigenvalue weighted by molar-refractivity contribution is 5.79. The molecule has 1 aromatic rings. The summed E-state index contributed by atoms with van der Waals surface area (Å²) in [6.07, 6.45) is 0.605. The summed E-state index contributed by atoms with van der Waals surface area (Å²) in [7, 11) is 0. The van der Waals surface area contributed by atoms with Gasteiger partial charge in [0.25, 0.3) is 0 Å². The second kappa shape index (κ2) is 4.32. The van der Waals surface area contributed by atoms with Crippen molar-refractivity contribution in [2.24, 2.45) is 16.7 Å². The number of hydrogen-bond acceptors (Lipinski definition) is 3. The van der Waals surface area contributed by atoms with Gasteiger partial charge in [0.1, 0.15) is 12.2 Å². The lowest BCUT2D eigenvalue weighted by Gasteiger charge is -2.48. The standard InChI is InChI=1S/C17H22O3/c1-16(2)12-9-10-17(16,3)15(19)20-14(12)13(18)11-7-5-4-6-8-11/h4-8,12-14,18H,9-10H2,1-3H3/t12-,13-,14+,17+/m1/s1. The third-order valence-corrected chi connectivity index (χ3v) is 5.85. The number of esters is 1. The molecule has 4 atom stereocenters. The van der Waals surface area contributed by atoms with Crippen LogP contribution in [0.4, 0.5) is 0 Å². The lowest BCUT2D eigenvalue weighted by Crippen LogP contribution is -2.53. The number of cyclic esters (lactones) is 1. The number of carbonyl (C=O) groups is 1.